The van der Waals surface area contributed by atoms with Gasteiger partial charge in [-0.25, -0.2) is 24.8 Å². The van der Waals surface area contributed by atoms with Crippen molar-refractivity contribution < 1.29 is 0 Å². The van der Waals surface area contributed by atoms with Crippen LogP contribution in [0, 0.1) is 11.8 Å². The summed E-state index contributed by atoms with van der Waals surface area (Å²) in [7, 11) is 1.78. The highest BCUT2D eigenvalue weighted by molar-refractivity contribution is 5.47. The molecule has 1 aliphatic carbocycles. The van der Waals surface area contributed by atoms with Gasteiger partial charge >= 0.3 is 5.69 Å². The quantitative estimate of drug-likeness (QED) is 0.754. The van der Waals surface area contributed by atoms with Crippen LogP contribution in [-0.2, 0) is 7.05 Å². The maximum atomic E-state index is 11.9. The van der Waals surface area contributed by atoms with Gasteiger partial charge in [-0.05, 0) is 31.1 Å². The highest BCUT2D eigenvalue weighted by Crippen LogP contribution is 2.50. The maximum Gasteiger partial charge on any atom is 0.343 e. The van der Waals surface area contributed by atoms with Crippen LogP contribution in [0.5, 0.6) is 0 Å². The summed E-state index contributed by atoms with van der Waals surface area (Å²) < 4.78 is 3.48. The Morgan fingerprint density at radius 1 is 1.19 bits per heavy atom. The Bertz CT molecular complexity index is 971. The lowest BCUT2D eigenvalue weighted by Crippen LogP contribution is -2.30. The molecule has 1 N–H and O–H groups in total. The minimum absolute atomic E-state index is 0.0528. The summed E-state index contributed by atoms with van der Waals surface area (Å²) in [6, 6.07) is 2.02. The zero-order valence-electron chi connectivity index (χ0n) is 14.5. The van der Waals surface area contributed by atoms with Crippen molar-refractivity contribution in [1.82, 2.24) is 34.3 Å². The molecule has 2 atom stereocenters. The lowest BCUT2D eigenvalue weighted by atomic mass is 9.94. The first-order chi connectivity index (χ1) is 12.7. The normalized spacial score (nSPS) is 22.9. The Morgan fingerprint density at radius 3 is 2.73 bits per heavy atom. The smallest absolute Gasteiger partial charge is 0.343 e. The molecule has 3 aromatic heterocycles. The van der Waals surface area contributed by atoms with Crippen LogP contribution in [0.3, 0.4) is 0 Å². The van der Waals surface area contributed by atoms with Gasteiger partial charge in [-0.3, -0.25) is 9.13 Å². The Hall–Kier alpha value is -2.97. The number of nitrogens with zero attached hydrogens (tertiary/aromatic N) is 7. The molecule has 2 aliphatic rings. The molecule has 0 radical (unpaired) electrons. The van der Waals surface area contributed by atoms with E-state index in [1.807, 2.05) is 16.8 Å². The van der Waals surface area contributed by atoms with Crippen LogP contribution < -0.4 is 10.6 Å². The van der Waals surface area contributed by atoms with E-state index in [9.17, 15) is 4.79 Å². The van der Waals surface area contributed by atoms with Crippen LogP contribution in [0.25, 0.3) is 5.82 Å². The van der Waals surface area contributed by atoms with Gasteiger partial charge < -0.3 is 4.90 Å². The van der Waals surface area contributed by atoms with Crippen LogP contribution in [0.1, 0.15) is 31.1 Å². The van der Waals surface area contributed by atoms with Crippen LogP contribution in [-0.4, -0.2) is 40.8 Å². The molecular weight excluding hydrogens is 332 g/mol. The predicted octanol–water partition coefficient (Wildman–Crippen LogP) is 1.06. The number of rotatable bonds is 4. The fraction of sp³-hybridized carbons (Fsp3) is 0.471. The zero-order chi connectivity index (χ0) is 17.7. The second-order valence-electron chi connectivity index (χ2n) is 7.08. The van der Waals surface area contributed by atoms with Crippen molar-refractivity contribution in [1.29, 1.82) is 0 Å². The van der Waals surface area contributed by atoms with E-state index in [4.69, 9.17) is 0 Å². The molecule has 4 heterocycles. The first-order valence-electron chi connectivity index (χ1n) is 8.90. The van der Waals surface area contributed by atoms with Gasteiger partial charge in [0, 0.05) is 32.1 Å². The lowest BCUT2D eigenvalue weighted by Gasteiger charge is -2.28. The number of aromatic amines is 1. The average molecular weight is 352 g/mol. The van der Waals surface area contributed by atoms with Crippen molar-refractivity contribution in [2.24, 2.45) is 18.9 Å². The molecular formula is C17H20N8O. The molecule has 9 heteroatoms. The molecule has 3 aromatic rings. The lowest BCUT2D eigenvalue weighted by molar-refractivity contribution is 0.405. The van der Waals surface area contributed by atoms with Gasteiger partial charge in [-0.2, -0.15) is 5.10 Å². The summed E-state index contributed by atoms with van der Waals surface area (Å²) in [5.41, 5.74) is -0.178. The summed E-state index contributed by atoms with van der Waals surface area (Å²) in [5.74, 6) is 3.62. The van der Waals surface area contributed by atoms with Crippen LogP contribution >= 0.6 is 0 Å². The van der Waals surface area contributed by atoms with Gasteiger partial charge in [0.2, 0.25) is 0 Å². The van der Waals surface area contributed by atoms with Crippen molar-refractivity contribution >= 4 is 5.82 Å². The topological polar surface area (TPSA) is 97.5 Å². The number of nitrogens with one attached hydrogen (secondary N) is 1. The number of anilines is 1. The van der Waals surface area contributed by atoms with Crippen molar-refractivity contribution in [2.45, 2.75) is 25.3 Å². The minimum Gasteiger partial charge on any atom is -0.346 e. The van der Waals surface area contributed by atoms with Gasteiger partial charge in [0.1, 0.15) is 24.3 Å². The van der Waals surface area contributed by atoms with Crippen LogP contribution in [0.4, 0.5) is 5.82 Å². The monoisotopic (exact) mass is 352 g/mol. The number of hydrogen-bond acceptors (Lipinski definition) is 6. The summed E-state index contributed by atoms with van der Waals surface area (Å²) in [4.78, 5) is 27.1. The van der Waals surface area contributed by atoms with Crippen molar-refractivity contribution in [2.75, 3.05) is 11.4 Å². The van der Waals surface area contributed by atoms with E-state index in [1.54, 1.807) is 30.5 Å². The molecule has 0 bridgehead atoms. The van der Waals surface area contributed by atoms with Gasteiger partial charge in [0.25, 0.3) is 0 Å². The van der Waals surface area contributed by atoms with E-state index >= 15 is 0 Å². The third-order valence-electron chi connectivity index (χ3n) is 5.55. The van der Waals surface area contributed by atoms with Crippen LogP contribution in [0.15, 0.2) is 35.9 Å². The molecule has 2 unspecified atom stereocenters. The molecule has 0 spiro atoms. The maximum absolute atomic E-state index is 11.9. The predicted molar refractivity (Wildman–Crippen MR) is 93.9 cm³/mol. The molecule has 1 saturated carbocycles. The van der Waals surface area contributed by atoms with E-state index < -0.39 is 0 Å². The molecule has 26 heavy (non-hydrogen) atoms. The Balaban J connectivity index is 1.56. The second-order valence-corrected chi connectivity index (χ2v) is 7.08. The first kappa shape index (κ1) is 15.3. The average Bonchev–Trinajstić information content (AvgIpc) is 3.07. The molecule has 1 saturated heterocycles. The summed E-state index contributed by atoms with van der Waals surface area (Å²) in [6.07, 6.45) is 10.5. The van der Waals surface area contributed by atoms with E-state index in [-0.39, 0.29) is 11.7 Å². The van der Waals surface area contributed by atoms with Crippen LogP contribution in [0.2, 0.25) is 0 Å². The molecule has 2 fully saturated rings. The number of H-pyrrole nitrogens is 1. The number of imidazole rings is 1. The van der Waals surface area contributed by atoms with Gasteiger partial charge in [-0.15, -0.1) is 0 Å². The van der Waals surface area contributed by atoms with Gasteiger partial charge in [0.15, 0.2) is 5.82 Å². The third-order valence-corrected chi connectivity index (χ3v) is 5.55. The molecule has 134 valence electrons. The highest BCUT2D eigenvalue weighted by Gasteiger charge is 2.46. The SMILES string of the molecule is Cn1c(C2C(C3CC3)CCN2c2cc(-n3ccnc3)ncn2)n[nH]c1=O. The summed E-state index contributed by atoms with van der Waals surface area (Å²) >= 11 is 0. The van der Waals surface area contributed by atoms with E-state index in [1.165, 1.54) is 12.8 Å². The van der Waals surface area contributed by atoms with E-state index in [2.05, 4.69) is 30.0 Å². The van der Waals surface area contributed by atoms with Crippen molar-refractivity contribution in [3.63, 3.8) is 0 Å². The molecule has 5 rings (SSSR count). The Labute approximate surface area is 149 Å². The highest BCUT2D eigenvalue weighted by atomic mass is 16.1. The van der Waals surface area contributed by atoms with Crippen molar-refractivity contribution in [3.8, 4) is 5.82 Å². The Kier molecular flexibility index (Phi) is 3.41. The molecule has 9 nitrogen and oxygen atoms in total. The standard InChI is InChI=1S/C17H20N8O/c1-23-16(21-22-17(23)26)15-12(11-2-3-11)4-6-25(15)14-8-13(19-9-20-14)24-7-5-18-10-24/h5,7-12,15H,2-4,6H2,1H3,(H,22,26). The first-order valence-corrected chi connectivity index (χ1v) is 8.90. The molecule has 0 amide bonds. The van der Waals surface area contributed by atoms with Gasteiger partial charge in [0.05, 0.1) is 6.04 Å². The summed E-state index contributed by atoms with van der Waals surface area (Å²) in [6.45, 7) is 0.896. The third kappa shape index (κ3) is 2.42. The Morgan fingerprint density at radius 2 is 2.04 bits per heavy atom. The van der Waals surface area contributed by atoms with Gasteiger partial charge in [-0.1, -0.05) is 0 Å². The fourth-order valence-electron chi connectivity index (χ4n) is 4.08. The zero-order valence-corrected chi connectivity index (χ0v) is 14.5. The minimum atomic E-state index is -0.178. The largest absolute Gasteiger partial charge is 0.346 e. The molecule has 0 aromatic carbocycles. The molecule has 1 aliphatic heterocycles. The van der Waals surface area contributed by atoms with Crippen molar-refractivity contribution in [3.05, 3.63) is 47.4 Å². The van der Waals surface area contributed by atoms with E-state index in [0.29, 0.717) is 11.8 Å². The second kappa shape index (κ2) is 5.79. The summed E-state index contributed by atoms with van der Waals surface area (Å²) in [5, 5.41) is 6.92. The fourth-order valence-corrected chi connectivity index (χ4v) is 4.08. The number of aromatic nitrogens is 7. The number of hydrogen-bond donors (Lipinski definition) is 1. The van der Waals surface area contributed by atoms with E-state index in [0.717, 1.165) is 30.4 Å².